The fourth-order valence-electron chi connectivity index (χ4n) is 2.51. The summed E-state index contributed by atoms with van der Waals surface area (Å²) in [5.74, 6) is 0. The molecule has 1 aliphatic rings. The lowest BCUT2D eigenvalue weighted by atomic mass is 10.2. The molecule has 0 saturated heterocycles. The lowest BCUT2D eigenvalue weighted by molar-refractivity contribution is 0.178. The van der Waals surface area contributed by atoms with Gasteiger partial charge in [-0.2, -0.15) is 0 Å². The maximum Gasteiger partial charge on any atom is 0.140 e. The number of hydrogen-bond donors (Lipinski definition) is 0. The van der Waals surface area contributed by atoms with E-state index in [1.165, 1.54) is 5.69 Å². The molecule has 90 valence electrons. The predicted octanol–water partition coefficient (Wildman–Crippen LogP) is 2.91. The van der Waals surface area contributed by atoms with Crippen LogP contribution in [0.1, 0.15) is 19.5 Å². The molecular weight excluding hydrogens is 234 g/mol. The molecule has 0 atom stereocenters. The zero-order chi connectivity index (χ0) is 12.0. The minimum Gasteiger partial charge on any atom is -0.327 e. The first-order valence-corrected chi connectivity index (χ1v) is 6.40. The van der Waals surface area contributed by atoms with E-state index in [0.29, 0.717) is 11.1 Å². The van der Waals surface area contributed by atoms with Crippen LogP contribution >= 0.6 is 11.6 Å². The van der Waals surface area contributed by atoms with E-state index in [0.717, 1.165) is 30.7 Å². The minimum absolute atomic E-state index is 0.596. The molecule has 2 aromatic rings. The number of nitrogens with zero attached hydrogens (tertiary/aromatic N) is 3. The number of aromatic nitrogens is 2. The zero-order valence-electron chi connectivity index (χ0n) is 10.2. The highest BCUT2D eigenvalue weighted by molar-refractivity contribution is 6.31. The Morgan fingerprint density at radius 3 is 2.88 bits per heavy atom. The van der Waals surface area contributed by atoms with Gasteiger partial charge in [0.25, 0.3) is 0 Å². The van der Waals surface area contributed by atoms with Crippen molar-refractivity contribution in [2.45, 2.75) is 33.0 Å². The number of fused-ring (bicyclic) bond motifs is 3. The average molecular weight is 250 g/mol. The molecule has 4 heteroatoms. The number of pyridine rings is 1. The third kappa shape index (κ3) is 1.83. The molecule has 0 amide bonds. The topological polar surface area (TPSA) is 21.1 Å². The van der Waals surface area contributed by atoms with Crippen molar-refractivity contribution >= 4 is 22.6 Å². The van der Waals surface area contributed by atoms with Gasteiger partial charge in [0, 0.05) is 43.0 Å². The summed E-state index contributed by atoms with van der Waals surface area (Å²) in [5.41, 5.74) is 2.41. The first-order chi connectivity index (χ1) is 8.15. The van der Waals surface area contributed by atoms with Crippen LogP contribution in [0.3, 0.4) is 0 Å². The summed E-state index contributed by atoms with van der Waals surface area (Å²) in [5, 5.41) is 1.86. The molecular formula is C13H16ClN3. The van der Waals surface area contributed by atoms with E-state index in [1.807, 2.05) is 6.07 Å². The maximum atomic E-state index is 5.98. The lowest BCUT2D eigenvalue weighted by Gasteiger charge is -2.31. The molecule has 0 bridgehead atoms. The molecule has 0 fully saturated rings. The Kier molecular flexibility index (Phi) is 2.60. The normalized spacial score (nSPS) is 16.7. The van der Waals surface area contributed by atoms with Crippen LogP contribution in [0, 0.1) is 0 Å². The smallest absolute Gasteiger partial charge is 0.140 e. The van der Waals surface area contributed by atoms with Gasteiger partial charge in [-0.05, 0) is 26.0 Å². The largest absolute Gasteiger partial charge is 0.327 e. The van der Waals surface area contributed by atoms with Crippen LogP contribution in [0.2, 0.25) is 5.02 Å². The Bertz CT molecular complexity index is 559. The third-order valence-electron chi connectivity index (χ3n) is 3.49. The molecule has 0 saturated carbocycles. The van der Waals surface area contributed by atoms with Crippen LogP contribution in [-0.2, 0) is 13.1 Å². The van der Waals surface area contributed by atoms with Gasteiger partial charge >= 0.3 is 0 Å². The lowest BCUT2D eigenvalue weighted by Crippen LogP contribution is -2.38. The van der Waals surface area contributed by atoms with Gasteiger partial charge in [0.05, 0.1) is 5.02 Å². The van der Waals surface area contributed by atoms with E-state index < -0.39 is 0 Å². The van der Waals surface area contributed by atoms with E-state index in [-0.39, 0.29) is 0 Å². The standard InChI is InChI=1S/C13H16ClN3/c1-9(2)16-3-4-17-12(8-16)6-10-5-11(14)7-15-13(10)17/h5-7,9H,3-4,8H2,1-2H3. The van der Waals surface area contributed by atoms with Crippen molar-refractivity contribution in [3.8, 4) is 0 Å². The van der Waals surface area contributed by atoms with Crippen molar-refractivity contribution in [1.82, 2.24) is 14.5 Å². The zero-order valence-corrected chi connectivity index (χ0v) is 10.9. The molecule has 3 heterocycles. The molecule has 2 aromatic heterocycles. The molecule has 3 rings (SSSR count). The Morgan fingerprint density at radius 2 is 2.12 bits per heavy atom. The van der Waals surface area contributed by atoms with Gasteiger partial charge in [-0.3, -0.25) is 4.90 Å². The van der Waals surface area contributed by atoms with Crippen LogP contribution in [0.25, 0.3) is 11.0 Å². The predicted molar refractivity (Wildman–Crippen MR) is 70.3 cm³/mol. The van der Waals surface area contributed by atoms with E-state index in [9.17, 15) is 0 Å². The second-order valence-corrected chi connectivity index (χ2v) is 5.35. The summed E-state index contributed by atoms with van der Waals surface area (Å²) >= 11 is 5.98. The van der Waals surface area contributed by atoms with Crippen LogP contribution in [0.15, 0.2) is 18.3 Å². The van der Waals surface area contributed by atoms with Gasteiger partial charge in [0.15, 0.2) is 0 Å². The van der Waals surface area contributed by atoms with Crippen molar-refractivity contribution in [2.24, 2.45) is 0 Å². The first-order valence-electron chi connectivity index (χ1n) is 6.03. The van der Waals surface area contributed by atoms with Crippen molar-refractivity contribution < 1.29 is 0 Å². The monoisotopic (exact) mass is 249 g/mol. The maximum absolute atomic E-state index is 5.98. The van der Waals surface area contributed by atoms with Crippen LogP contribution in [-0.4, -0.2) is 27.0 Å². The van der Waals surface area contributed by atoms with Gasteiger partial charge in [-0.25, -0.2) is 4.98 Å². The van der Waals surface area contributed by atoms with Crippen molar-refractivity contribution in [2.75, 3.05) is 6.54 Å². The Hall–Kier alpha value is -1.06. The van der Waals surface area contributed by atoms with E-state index in [4.69, 9.17) is 11.6 Å². The van der Waals surface area contributed by atoms with Gasteiger partial charge in [-0.1, -0.05) is 11.6 Å². The second kappa shape index (κ2) is 4.00. The molecule has 0 radical (unpaired) electrons. The first kappa shape index (κ1) is 11.1. The molecule has 0 unspecified atom stereocenters. The fourth-order valence-corrected chi connectivity index (χ4v) is 2.68. The van der Waals surface area contributed by atoms with Crippen molar-refractivity contribution in [3.63, 3.8) is 0 Å². The SMILES string of the molecule is CC(C)N1CCn2c(cc3cc(Cl)cnc32)C1. The van der Waals surface area contributed by atoms with E-state index in [1.54, 1.807) is 6.20 Å². The molecule has 0 N–H and O–H groups in total. The van der Waals surface area contributed by atoms with Crippen LogP contribution < -0.4 is 0 Å². The number of halogens is 1. The van der Waals surface area contributed by atoms with Gasteiger partial charge in [-0.15, -0.1) is 0 Å². The highest BCUT2D eigenvalue weighted by Gasteiger charge is 2.20. The van der Waals surface area contributed by atoms with Gasteiger partial charge in [0.2, 0.25) is 0 Å². The van der Waals surface area contributed by atoms with Crippen LogP contribution in [0.4, 0.5) is 0 Å². The third-order valence-corrected chi connectivity index (χ3v) is 3.70. The quantitative estimate of drug-likeness (QED) is 0.775. The molecule has 17 heavy (non-hydrogen) atoms. The average Bonchev–Trinajstić information content (AvgIpc) is 2.64. The summed E-state index contributed by atoms with van der Waals surface area (Å²) in [6.07, 6.45) is 1.73. The summed E-state index contributed by atoms with van der Waals surface area (Å²) < 4.78 is 2.31. The van der Waals surface area contributed by atoms with Gasteiger partial charge in [0.1, 0.15) is 5.65 Å². The summed E-state index contributed by atoms with van der Waals surface area (Å²) in [7, 11) is 0. The highest BCUT2D eigenvalue weighted by Crippen LogP contribution is 2.25. The number of hydrogen-bond acceptors (Lipinski definition) is 2. The molecule has 0 aliphatic carbocycles. The Labute approximate surface area is 106 Å². The Balaban J connectivity index is 2.07. The number of rotatable bonds is 1. The fraction of sp³-hybridized carbons (Fsp3) is 0.462. The highest BCUT2D eigenvalue weighted by atomic mass is 35.5. The molecule has 3 nitrogen and oxygen atoms in total. The van der Waals surface area contributed by atoms with E-state index in [2.05, 4.69) is 34.4 Å². The minimum atomic E-state index is 0.596. The molecule has 0 spiro atoms. The molecule has 0 aromatic carbocycles. The van der Waals surface area contributed by atoms with Crippen LogP contribution in [0.5, 0.6) is 0 Å². The summed E-state index contributed by atoms with van der Waals surface area (Å²) in [6.45, 7) is 7.61. The Morgan fingerprint density at radius 1 is 1.29 bits per heavy atom. The van der Waals surface area contributed by atoms with Crippen molar-refractivity contribution in [3.05, 3.63) is 29.0 Å². The second-order valence-electron chi connectivity index (χ2n) is 4.92. The molecule has 1 aliphatic heterocycles. The van der Waals surface area contributed by atoms with Crippen molar-refractivity contribution in [1.29, 1.82) is 0 Å². The van der Waals surface area contributed by atoms with E-state index >= 15 is 0 Å². The summed E-state index contributed by atoms with van der Waals surface area (Å²) in [4.78, 5) is 6.92. The summed E-state index contributed by atoms with van der Waals surface area (Å²) in [6, 6.07) is 4.80. The van der Waals surface area contributed by atoms with Gasteiger partial charge < -0.3 is 4.57 Å².